The number of nitrogens with one attached hydrogen (secondary N) is 2. The SMILES string of the molecule is Cc1cc(COc2ccc(C(=O)NC3CCCCC3c3n[nH]c(=O)s3)cc2)c2ccccc2n1. The molecule has 0 saturated heterocycles. The van der Waals surface area contributed by atoms with Crippen LogP contribution >= 0.6 is 11.3 Å². The van der Waals surface area contributed by atoms with Gasteiger partial charge in [-0.3, -0.25) is 14.6 Å². The number of nitrogens with zero attached hydrogens (tertiary/aromatic N) is 2. The molecule has 5 rings (SSSR count). The summed E-state index contributed by atoms with van der Waals surface area (Å²) in [5, 5.41) is 11.7. The zero-order chi connectivity index (χ0) is 23.5. The van der Waals surface area contributed by atoms with Crippen LogP contribution in [0.4, 0.5) is 0 Å². The van der Waals surface area contributed by atoms with Crippen LogP contribution in [0.1, 0.15) is 58.2 Å². The Morgan fingerprint density at radius 1 is 1.15 bits per heavy atom. The fourth-order valence-electron chi connectivity index (χ4n) is 4.63. The molecule has 2 aromatic carbocycles. The standard InChI is InChI=1S/C26H26N4O3S/c1-16-14-18(20-6-2-4-8-22(20)27-16)15-33-19-12-10-17(11-13-19)24(31)28-23-9-5-3-7-21(23)25-29-30-26(32)34-25/h2,4,6,8,10-14,21,23H,3,5,7,9,15H2,1H3,(H,28,31)(H,30,32). The number of fused-ring (bicyclic) bond motifs is 1. The molecule has 0 radical (unpaired) electrons. The molecule has 4 aromatic rings. The quantitative estimate of drug-likeness (QED) is 0.421. The molecule has 8 heteroatoms. The number of amides is 1. The van der Waals surface area contributed by atoms with E-state index in [4.69, 9.17) is 4.74 Å². The molecule has 1 saturated carbocycles. The third kappa shape index (κ3) is 4.87. The van der Waals surface area contributed by atoms with E-state index < -0.39 is 0 Å². The fraction of sp³-hybridized carbons (Fsp3) is 0.308. The number of rotatable bonds is 6. The van der Waals surface area contributed by atoms with Gasteiger partial charge in [0, 0.05) is 34.2 Å². The number of benzene rings is 2. The van der Waals surface area contributed by atoms with Crippen LogP contribution < -0.4 is 14.9 Å². The third-order valence-electron chi connectivity index (χ3n) is 6.30. The molecule has 0 spiro atoms. The Morgan fingerprint density at radius 3 is 2.74 bits per heavy atom. The van der Waals surface area contributed by atoms with E-state index in [-0.39, 0.29) is 22.7 Å². The summed E-state index contributed by atoms with van der Waals surface area (Å²) in [6.07, 6.45) is 3.92. The predicted molar refractivity (Wildman–Crippen MR) is 132 cm³/mol. The maximum absolute atomic E-state index is 12.9. The first kappa shape index (κ1) is 22.3. The normalized spacial score (nSPS) is 18.0. The second kappa shape index (κ2) is 9.77. The van der Waals surface area contributed by atoms with E-state index in [1.54, 1.807) is 12.1 Å². The number of hydrogen-bond donors (Lipinski definition) is 2. The summed E-state index contributed by atoms with van der Waals surface area (Å²) in [6.45, 7) is 2.40. The number of aromatic nitrogens is 3. The second-order valence-electron chi connectivity index (χ2n) is 8.68. The van der Waals surface area contributed by atoms with Crippen molar-refractivity contribution in [3.63, 3.8) is 0 Å². The van der Waals surface area contributed by atoms with E-state index in [0.717, 1.165) is 64.2 Å². The molecular weight excluding hydrogens is 448 g/mol. The van der Waals surface area contributed by atoms with E-state index in [9.17, 15) is 9.59 Å². The minimum atomic E-state index is -0.156. The molecule has 1 aliphatic rings. The summed E-state index contributed by atoms with van der Waals surface area (Å²) in [7, 11) is 0. The van der Waals surface area contributed by atoms with Gasteiger partial charge < -0.3 is 10.1 Å². The zero-order valence-corrected chi connectivity index (χ0v) is 19.7. The molecule has 2 heterocycles. The van der Waals surface area contributed by atoms with Crippen molar-refractivity contribution >= 4 is 28.1 Å². The Labute approximate surface area is 201 Å². The highest BCUT2D eigenvalue weighted by Crippen LogP contribution is 2.33. The van der Waals surface area contributed by atoms with Crippen LogP contribution in [0, 0.1) is 6.92 Å². The molecule has 2 unspecified atom stereocenters. The van der Waals surface area contributed by atoms with Crippen molar-refractivity contribution in [1.82, 2.24) is 20.5 Å². The van der Waals surface area contributed by atoms with Crippen LogP contribution in [0.15, 0.2) is 59.4 Å². The van der Waals surface area contributed by atoms with Crippen LogP contribution in [0.25, 0.3) is 10.9 Å². The molecule has 2 N–H and O–H groups in total. The Balaban J connectivity index is 1.24. The number of ether oxygens (including phenoxy) is 1. The number of H-pyrrole nitrogens is 1. The topological polar surface area (TPSA) is 97.0 Å². The van der Waals surface area contributed by atoms with Gasteiger partial charge in [0.2, 0.25) is 0 Å². The summed E-state index contributed by atoms with van der Waals surface area (Å²) in [4.78, 5) is 28.9. The molecule has 1 amide bonds. The minimum Gasteiger partial charge on any atom is -0.489 e. The molecule has 7 nitrogen and oxygen atoms in total. The first-order valence-electron chi connectivity index (χ1n) is 11.5. The van der Waals surface area contributed by atoms with Crippen LogP contribution in [-0.4, -0.2) is 27.1 Å². The van der Waals surface area contributed by atoms with Gasteiger partial charge in [-0.2, -0.15) is 5.10 Å². The van der Waals surface area contributed by atoms with Gasteiger partial charge in [-0.15, -0.1) is 0 Å². The van der Waals surface area contributed by atoms with Gasteiger partial charge in [0.15, 0.2) is 0 Å². The maximum Gasteiger partial charge on any atom is 0.322 e. The van der Waals surface area contributed by atoms with Gasteiger partial charge in [-0.1, -0.05) is 42.4 Å². The molecule has 34 heavy (non-hydrogen) atoms. The van der Waals surface area contributed by atoms with E-state index in [1.165, 1.54) is 0 Å². The number of carbonyl (C=O) groups excluding carboxylic acids is 1. The van der Waals surface area contributed by atoms with Crippen LogP contribution in [0.2, 0.25) is 0 Å². The van der Waals surface area contributed by atoms with Crippen molar-refractivity contribution < 1.29 is 9.53 Å². The molecule has 2 atom stereocenters. The van der Waals surface area contributed by atoms with Gasteiger partial charge >= 0.3 is 4.87 Å². The lowest BCUT2D eigenvalue weighted by atomic mass is 9.84. The van der Waals surface area contributed by atoms with Crippen molar-refractivity contribution in [3.05, 3.63) is 86.1 Å². The van der Waals surface area contributed by atoms with E-state index in [1.807, 2.05) is 49.4 Å². The highest BCUT2D eigenvalue weighted by atomic mass is 32.1. The lowest BCUT2D eigenvalue weighted by molar-refractivity contribution is 0.0920. The lowest BCUT2D eigenvalue weighted by Crippen LogP contribution is -2.41. The first-order valence-corrected chi connectivity index (χ1v) is 12.3. The molecule has 0 aliphatic heterocycles. The molecule has 174 valence electrons. The van der Waals surface area contributed by atoms with Gasteiger partial charge in [0.1, 0.15) is 17.4 Å². The maximum atomic E-state index is 12.9. The van der Waals surface area contributed by atoms with Crippen molar-refractivity contribution in [1.29, 1.82) is 0 Å². The second-order valence-corrected chi connectivity index (χ2v) is 9.67. The zero-order valence-electron chi connectivity index (χ0n) is 18.9. The van der Waals surface area contributed by atoms with Crippen molar-refractivity contribution in [2.45, 2.75) is 51.2 Å². The van der Waals surface area contributed by atoms with Crippen LogP contribution in [-0.2, 0) is 6.61 Å². The van der Waals surface area contributed by atoms with Crippen LogP contribution in [0.5, 0.6) is 5.75 Å². The highest BCUT2D eigenvalue weighted by molar-refractivity contribution is 7.08. The molecule has 2 aromatic heterocycles. The average Bonchev–Trinajstić information content (AvgIpc) is 3.29. The van der Waals surface area contributed by atoms with E-state index in [0.29, 0.717) is 17.9 Å². The lowest BCUT2D eigenvalue weighted by Gasteiger charge is -2.30. The van der Waals surface area contributed by atoms with Gasteiger partial charge in [0.25, 0.3) is 5.91 Å². The van der Waals surface area contributed by atoms with Gasteiger partial charge in [0.05, 0.1) is 5.52 Å². The largest absolute Gasteiger partial charge is 0.489 e. The number of para-hydroxylation sites is 1. The Kier molecular flexibility index (Phi) is 6.40. The summed E-state index contributed by atoms with van der Waals surface area (Å²) in [5.41, 5.74) is 3.56. The third-order valence-corrected chi connectivity index (χ3v) is 7.17. The van der Waals surface area contributed by atoms with Crippen molar-refractivity contribution in [2.75, 3.05) is 0 Å². The summed E-state index contributed by atoms with van der Waals surface area (Å²) in [5.74, 6) is 0.650. The monoisotopic (exact) mass is 474 g/mol. The van der Waals surface area contributed by atoms with Crippen LogP contribution in [0.3, 0.4) is 0 Å². The Hall–Kier alpha value is -3.52. The summed E-state index contributed by atoms with van der Waals surface area (Å²) >= 11 is 1.13. The Bertz CT molecular complexity index is 1360. The smallest absolute Gasteiger partial charge is 0.322 e. The number of aromatic amines is 1. The van der Waals surface area contributed by atoms with Gasteiger partial charge in [-0.05, 0) is 56.2 Å². The van der Waals surface area contributed by atoms with E-state index >= 15 is 0 Å². The van der Waals surface area contributed by atoms with E-state index in [2.05, 4.69) is 20.5 Å². The molecule has 1 aliphatic carbocycles. The molecule has 1 fully saturated rings. The number of aryl methyl sites for hydroxylation is 1. The fourth-order valence-corrected chi connectivity index (χ4v) is 5.43. The van der Waals surface area contributed by atoms with Gasteiger partial charge in [-0.25, -0.2) is 5.10 Å². The molecule has 0 bridgehead atoms. The summed E-state index contributed by atoms with van der Waals surface area (Å²) in [6, 6.07) is 17.3. The number of pyridine rings is 1. The predicted octanol–water partition coefficient (Wildman–Crippen LogP) is 4.72. The highest BCUT2D eigenvalue weighted by Gasteiger charge is 2.30. The minimum absolute atomic E-state index is 0.0284. The van der Waals surface area contributed by atoms with Crippen molar-refractivity contribution in [3.8, 4) is 5.75 Å². The number of carbonyl (C=O) groups is 1. The van der Waals surface area contributed by atoms with Crippen molar-refractivity contribution in [2.24, 2.45) is 0 Å². The Morgan fingerprint density at radius 2 is 1.94 bits per heavy atom. The summed E-state index contributed by atoms with van der Waals surface area (Å²) < 4.78 is 6.02. The number of hydrogen-bond acceptors (Lipinski definition) is 6. The molecular formula is C26H26N4O3S. The average molecular weight is 475 g/mol. The first-order chi connectivity index (χ1) is 16.6.